The quantitative estimate of drug-likeness (QED) is 0.542. The lowest BCUT2D eigenvalue weighted by Crippen LogP contribution is -2.43. The van der Waals surface area contributed by atoms with Crippen molar-refractivity contribution in [3.63, 3.8) is 0 Å². The summed E-state index contributed by atoms with van der Waals surface area (Å²) in [4.78, 5) is 30.9. The van der Waals surface area contributed by atoms with Crippen molar-refractivity contribution in [3.8, 4) is 5.75 Å². The number of nitrogens with zero attached hydrogens (tertiary/aromatic N) is 3. The number of piperidine rings is 1. The first-order valence-electron chi connectivity index (χ1n) is 11.7. The molecule has 3 aliphatic heterocycles. The van der Waals surface area contributed by atoms with Crippen LogP contribution in [0.3, 0.4) is 0 Å². The van der Waals surface area contributed by atoms with Gasteiger partial charge in [-0.1, -0.05) is 17.7 Å². The van der Waals surface area contributed by atoms with E-state index in [2.05, 4.69) is 20.5 Å². The van der Waals surface area contributed by atoms with E-state index in [9.17, 15) is 9.59 Å². The second-order valence-electron chi connectivity index (χ2n) is 9.36. The van der Waals surface area contributed by atoms with Crippen molar-refractivity contribution in [2.24, 2.45) is 0 Å². The SMILES string of the molecule is Cl.O=C1COc2ccc(CNC3CCN(CC4Cn5c(=O)ccc6ncc(Cl)c4c65)CC3)cc2N1. The normalized spacial score (nSPS) is 19.7. The zero-order chi connectivity index (χ0) is 23.2. The molecule has 1 aromatic carbocycles. The number of anilines is 1. The third kappa shape index (κ3) is 4.63. The van der Waals surface area contributed by atoms with Crippen LogP contribution in [0.5, 0.6) is 5.75 Å². The van der Waals surface area contributed by atoms with Gasteiger partial charge in [-0.3, -0.25) is 14.6 Å². The summed E-state index contributed by atoms with van der Waals surface area (Å²) in [5.41, 5.74) is 4.67. The maximum Gasteiger partial charge on any atom is 0.262 e. The van der Waals surface area contributed by atoms with Gasteiger partial charge in [0.25, 0.3) is 11.5 Å². The Morgan fingerprint density at radius 3 is 2.83 bits per heavy atom. The fraction of sp³-hybridized carbons (Fsp3) is 0.400. The number of amides is 1. The van der Waals surface area contributed by atoms with E-state index in [4.69, 9.17) is 16.3 Å². The molecule has 8 nitrogen and oxygen atoms in total. The zero-order valence-corrected chi connectivity index (χ0v) is 20.7. The minimum absolute atomic E-state index is 0. The molecule has 1 unspecified atom stereocenters. The molecule has 184 valence electrons. The van der Waals surface area contributed by atoms with Crippen LogP contribution in [0, 0.1) is 0 Å². The lowest BCUT2D eigenvalue weighted by Gasteiger charge is -2.34. The molecule has 0 bridgehead atoms. The summed E-state index contributed by atoms with van der Waals surface area (Å²) in [6.45, 7) is 4.37. The first-order chi connectivity index (χ1) is 16.5. The minimum atomic E-state index is -0.117. The van der Waals surface area contributed by atoms with Gasteiger partial charge in [0, 0.05) is 49.4 Å². The number of carbonyl (C=O) groups is 1. The number of benzene rings is 1. The van der Waals surface area contributed by atoms with Crippen molar-refractivity contribution in [1.82, 2.24) is 19.8 Å². The van der Waals surface area contributed by atoms with Crippen molar-refractivity contribution in [2.75, 3.05) is 31.6 Å². The average Bonchev–Trinajstić information content (AvgIpc) is 3.23. The third-order valence-corrected chi connectivity index (χ3v) is 7.44. The Bertz CT molecular complexity index is 1340. The summed E-state index contributed by atoms with van der Waals surface area (Å²) in [5, 5.41) is 7.18. The van der Waals surface area contributed by atoms with Crippen molar-refractivity contribution < 1.29 is 9.53 Å². The minimum Gasteiger partial charge on any atom is -0.482 e. The molecule has 1 saturated heterocycles. The van der Waals surface area contributed by atoms with Gasteiger partial charge < -0.3 is 24.8 Å². The van der Waals surface area contributed by atoms with Gasteiger partial charge in [-0.05, 0) is 49.7 Å². The highest BCUT2D eigenvalue weighted by atomic mass is 35.5. The predicted octanol–water partition coefficient (Wildman–Crippen LogP) is 3.15. The van der Waals surface area contributed by atoms with Crippen molar-refractivity contribution in [2.45, 2.75) is 37.9 Å². The van der Waals surface area contributed by atoms with E-state index in [1.807, 2.05) is 22.8 Å². The summed E-state index contributed by atoms with van der Waals surface area (Å²) >= 11 is 6.54. The van der Waals surface area contributed by atoms with Crippen LogP contribution in [-0.4, -0.2) is 52.6 Å². The predicted molar refractivity (Wildman–Crippen MR) is 138 cm³/mol. The number of hydrogen-bond acceptors (Lipinski definition) is 6. The van der Waals surface area contributed by atoms with Crippen LogP contribution in [0.1, 0.15) is 29.9 Å². The fourth-order valence-corrected chi connectivity index (χ4v) is 5.72. The number of halogens is 2. The van der Waals surface area contributed by atoms with Crippen LogP contribution in [0.25, 0.3) is 11.0 Å². The van der Waals surface area contributed by atoms with Gasteiger partial charge >= 0.3 is 0 Å². The number of hydrogen-bond donors (Lipinski definition) is 2. The highest BCUT2D eigenvalue weighted by Crippen LogP contribution is 2.37. The molecule has 0 aliphatic carbocycles. The first-order valence-corrected chi connectivity index (χ1v) is 12.1. The Balaban J connectivity index is 0.00000253. The van der Waals surface area contributed by atoms with Crippen LogP contribution in [0.15, 0.2) is 41.3 Å². The Labute approximate surface area is 214 Å². The third-order valence-electron chi connectivity index (χ3n) is 7.14. The number of likely N-dealkylation sites (tertiary alicyclic amines) is 1. The molecule has 0 radical (unpaired) electrons. The average molecular weight is 516 g/mol. The van der Waals surface area contributed by atoms with Gasteiger partial charge in [0.15, 0.2) is 6.61 Å². The van der Waals surface area contributed by atoms with Crippen LogP contribution in [-0.2, 0) is 17.9 Å². The number of ether oxygens (including phenoxy) is 1. The van der Waals surface area contributed by atoms with Gasteiger partial charge in [-0.2, -0.15) is 0 Å². The number of aromatic nitrogens is 2. The molecule has 2 N–H and O–H groups in total. The monoisotopic (exact) mass is 515 g/mol. The zero-order valence-electron chi connectivity index (χ0n) is 19.1. The Kier molecular flexibility index (Phi) is 6.72. The lowest BCUT2D eigenvalue weighted by atomic mass is 9.98. The second-order valence-corrected chi connectivity index (χ2v) is 9.76. The van der Waals surface area contributed by atoms with Gasteiger partial charge in [0.2, 0.25) is 0 Å². The molecule has 5 heterocycles. The standard InChI is InChI=1S/C25H26ClN5O3.ClH/c26-18-11-28-19-2-4-23(33)31-13-16(24(18)25(19)31)12-30-7-5-17(6-8-30)27-10-15-1-3-21-20(9-15)29-22(32)14-34-21;/h1-4,9,11,16-17,27H,5-8,10,12-14H2,(H,29,32);1H. The van der Waals surface area contributed by atoms with E-state index in [1.54, 1.807) is 18.3 Å². The summed E-state index contributed by atoms with van der Waals surface area (Å²) in [7, 11) is 0. The molecular weight excluding hydrogens is 489 g/mol. The van der Waals surface area contributed by atoms with Crippen molar-refractivity contribution in [3.05, 3.63) is 63.0 Å². The largest absolute Gasteiger partial charge is 0.482 e. The summed E-state index contributed by atoms with van der Waals surface area (Å²) < 4.78 is 7.26. The van der Waals surface area contributed by atoms with E-state index >= 15 is 0 Å². The second kappa shape index (κ2) is 9.78. The van der Waals surface area contributed by atoms with Crippen molar-refractivity contribution in [1.29, 1.82) is 0 Å². The lowest BCUT2D eigenvalue weighted by molar-refractivity contribution is -0.118. The van der Waals surface area contributed by atoms with Crippen molar-refractivity contribution >= 4 is 46.6 Å². The van der Waals surface area contributed by atoms with Gasteiger partial charge in [0.1, 0.15) is 5.75 Å². The van der Waals surface area contributed by atoms with Gasteiger partial charge in [-0.15, -0.1) is 12.4 Å². The van der Waals surface area contributed by atoms with E-state index in [0.717, 1.165) is 72.6 Å². The Morgan fingerprint density at radius 1 is 1.17 bits per heavy atom. The molecule has 1 amide bonds. The number of carbonyl (C=O) groups excluding carboxylic acids is 1. The van der Waals surface area contributed by atoms with Crippen LogP contribution < -0.4 is 20.9 Å². The molecule has 35 heavy (non-hydrogen) atoms. The Hall–Kier alpha value is -2.65. The number of nitrogens with one attached hydrogen (secondary N) is 2. The van der Waals surface area contributed by atoms with Crippen LogP contribution in [0.4, 0.5) is 5.69 Å². The summed E-state index contributed by atoms with van der Waals surface area (Å²) in [6, 6.07) is 9.76. The Morgan fingerprint density at radius 2 is 2.00 bits per heavy atom. The summed E-state index contributed by atoms with van der Waals surface area (Å²) in [5.74, 6) is 0.805. The van der Waals surface area contributed by atoms with Crippen LogP contribution in [0.2, 0.25) is 5.02 Å². The molecule has 1 fully saturated rings. The molecule has 0 saturated carbocycles. The maximum absolute atomic E-state index is 12.4. The molecule has 10 heteroatoms. The maximum atomic E-state index is 12.4. The number of rotatable bonds is 5. The van der Waals surface area contributed by atoms with Crippen LogP contribution >= 0.6 is 24.0 Å². The molecule has 3 aliphatic rings. The molecule has 6 rings (SSSR count). The first kappa shape index (κ1) is 24.1. The smallest absolute Gasteiger partial charge is 0.262 e. The van der Waals surface area contributed by atoms with E-state index in [0.29, 0.717) is 17.6 Å². The number of fused-ring (bicyclic) bond motifs is 1. The summed E-state index contributed by atoms with van der Waals surface area (Å²) in [6.07, 6.45) is 3.83. The highest BCUT2D eigenvalue weighted by Gasteiger charge is 2.31. The van der Waals surface area contributed by atoms with E-state index < -0.39 is 0 Å². The molecule has 1 atom stereocenters. The molecule has 2 aromatic heterocycles. The molecule has 0 spiro atoms. The van der Waals surface area contributed by atoms with E-state index in [1.165, 1.54) is 0 Å². The van der Waals surface area contributed by atoms with Gasteiger partial charge in [-0.25, -0.2) is 0 Å². The topological polar surface area (TPSA) is 88.5 Å². The highest BCUT2D eigenvalue weighted by molar-refractivity contribution is 6.32. The fourth-order valence-electron chi connectivity index (χ4n) is 5.43. The van der Waals surface area contributed by atoms with E-state index in [-0.39, 0.29) is 36.4 Å². The number of pyridine rings is 2. The molecular formula is C25H27Cl2N5O3. The van der Waals surface area contributed by atoms with Gasteiger partial charge in [0.05, 0.1) is 21.7 Å². The molecule has 3 aromatic rings.